The van der Waals surface area contributed by atoms with Gasteiger partial charge in [-0.3, -0.25) is 9.88 Å². The molecule has 4 heterocycles. The highest BCUT2D eigenvalue weighted by Crippen LogP contribution is 2.41. The zero-order valence-electron chi connectivity index (χ0n) is 18.5. The Hall–Kier alpha value is -2.45. The molecule has 1 N–H and O–H groups in total. The van der Waals surface area contributed by atoms with Gasteiger partial charge in [-0.05, 0) is 55.0 Å². The van der Waals surface area contributed by atoms with Gasteiger partial charge in [0.2, 0.25) is 0 Å². The van der Waals surface area contributed by atoms with Crippen molar-refractivity contribution >= 4 is 28.9 Å². The minimum Gasteiger partial charge on any atom is -0.459 e. The molecule has 2 aliphatic heterocycles. The molecule has 33 heavy (non-hydrogen) atoms. The van der Waals surface area contributed by atoms with Crippen LogP contribution in [0.5, 0.6) is 0 Å². The number of morpholine rings is 1. The molecule has 2 atom stereocenters. The third kappa shape index (κ3) is 4.64. The highest BCUT2D eigenvalue weighted by Gasteiger charge is 2.41. The molecule has 0 bridgehead atoms. The van der Waals surface area contributed by atoms with Crippen molar-refractivity contribution < 1.29 is 9.15 Å². The van der Waals surface area contributed by atoms with Gasteiger partial charge < -0.3 is 19.4 Å². The van der Waals surface area contributed by atoms with E-state index in [1.165, 1.54) is 0 Å². The molecule has 172 valence electrons. The van der Waals surface area contributed by atoms with Gasteiger partial charge in [0.25, 0.3) is 0 Å². The predicted octanol–water partition coefficient (Wildman–Crippen LogP) is 4.61. The number of rotatable bonds is 6. The van der Waals surface area contributed by atoms with Crippen LogP contribution in [0.25, 0.3) is 11.3 Å². The Labute approximate surface area is 204 Å². The van der Waals surface area contributed by atoms with E-state index in [9.17, 15) is 0 Å². The SMILES string of the molecule is Cc1c(Cl)cccc1-c1ccc([C@H]2[C@@H](c3ccccn3)NC(=S)N2CCN2CCOCC2)o1. The zero-order valence-corrected chi connectivity index (χ0v) is 20.1. The first kappa shape index (κ1) is 22.3. The fourth-order valence-corrected chi connectivity index (χ4v) is 5.07. The van der Waals surface area contributed by atoms with Crippen LogP contribution >= 0.6 is 23.8 Å². The Morgan fingerprint density at radius 1 is 1.09 bits per heavy atom. The maximum atomic E-state index is 6.45. The van der Waals surface area contributed by atoms with Crippen molar-refractivity contribution in [3.63, 3.8) is 0 Å². The number of furan rings is 1. The molecule has 1 aromatic carbocycles. The van der Waals surface area contributed by atoms with Crippen LogP contribution in [-0.4, -0.2) is 59.3 Å². The van der Waals surface area contributed by atoms with Gasteiger partial charge in [0, 0.05) is 43.0 Å². The van der Waals surface area contributed by atoms with Gasteiger partial charge in [0.05, 0.1) is 24.9 Å². The molecular weight excluding hydrogens is 456 g/mol. The summed E-state index contributed by atoms with van der Waals surface area (Å²) in [6.45, 7) is 7.18. The highest BCUT2D eigenvalue weighted by molar-refractivity contribution is 7.80. The minimum absolute atomic E-state index is 0.0946. The smallest absolute Gasteiger partial charge is 0.170 e. The molecule has 5 rings (SSSR count). The first-order chi connectivity index (χ1) is 16.1. The molecule has 2 fully saturated rings. The van der Waals surface area contributed by atoms with Gasteiger partial charge in [0.15, 0.2) is 5.11 Å². The normalized spacial score (nSPS) is 21.4. The lowest BCUT2D eigenvalue weighted by Gasteiger charge is -2.31. The van der Waals surface area contributed by atoms with Crippen LogP contribution in [0.1, 0.15) is 29.1 Å². The second-order valence-corrected chi connectivity index (χ2v) is 9.18. The van der Waals surface area contributed by atoms with E-state index in [1.807, 2.05) is 61.7 Å². The number of aromatic nitrogens is 1. The fourth-order valence-electron chi connectivity index (χ4n) is 4.56. The number of hydrogen-bond acceptors (Lipinski definition) is 5. The van der Waals surface area contributed by atoms with E-state index >= 15 is 0 Å². The molecule has 0 amide bonds. The summed E-state index contributed by atoms with van der Waals surface area (Å²) in [5, 5.41) is 4.95. The molecule has 8 heteroatoms. The molecule has 0 spiro atoms. The summed E-state index contributed by atoms with van der Waals surface area (Å²) in [7, 11) is 0. The largest absolute Gasteiger partial charge is 0.459 e. The summed E-state index contributed by atoms with van der Waals surface area (Å²) in [5.41, 5.74) is 2.94. The Kier molecular flexibility index (Phi) is 6.64. The number of nitrogens with one attached hydrogen (secondary N) is 1. The monoisotopic (exact) mass is 482 g/mol. The Bertz CT molecular complexity index is 1120. The van der Waals surface area contributed by atoms with Gasteiger partial charge >= 0.3 is 0 Å². The summed E-state index contributed by atoms with van der Waals surface area (Å²) in [6.07, 6.45) is 1.82. The number of benzene rings is 1. The minimum atomic E-state index is -0.0957. The Morgan fingerprint density at radius 3 is 2.73 bits per heavy atom. The first-order valence-electron chi connectivity index (χ1n) is 11.2. The second kappa shape index (κ2) is 9.81. The van der Waals surface area contributed by atoms with Crippen LogP contribution in [0.3, 0.4) is 0 Å². The molecule has 2 aromatic heterocycles. The fraction of sp³-hybridized carbons (Fsp3) is 0.360. The number of pyridine rings is 1. The zero-order chi connectivity index (χ0) is 22.8. The van der Waals surface area contributed by atoms with Crippen molar-refractivity contribution in [1.82, 2.24) is 20.1 Å². The standard InChI is InChI=1S/C25H27ClN4O2S/c1-17-18(5-4-6-19(17)26)21-8-9-22(32-21)24-23(20-7-2-3-10-27-20)28-25(33)30(24)12-11-29-13-15-31-16-14-29/h2-10,23-24H,11-16H2,1H3,(H,28,33)/t23-,24+/m1/s1. The molecule has 0 saturated carbocycles. The molecule has 0 unspecified atom stereocenters. The van der Waals surface area contributed by atoms with E-state index < -0.39 is 0 Å². The highest BCUT2D eigenvalue weighted by atomic mass is 35.5. The van der Waals surface area contributed by atoms with Crippen LogP contribution in [0.4, 0.5) is 0 Å². The maximum Gasteiger partial charge on any atom is 0.170 e. The second-order valence-electron chi connectivity index (χ2n) is 8.39. The number of ether oxygens (including phenoxy) is 1. The Balaban J connectivity index is 1.46. The number of halogens is 1. The van der Waals surface area contributed by atoms with Gasteiger partial charge in [-0.2, -0.15) is 0 Å². The van der Waals surface area contributed by atoms with Crippen LogP contribution in [0, 0.1) is 6.92 Å². The number of thiocarbonyl (C=S) groups is 1. The molecular formula is C25H27ClN4O2S. The van der Waals surface area contributed by atoms with E-state index in [0.29, 0.717) is 0 Å². The lowest BCUT2D eigenvalue weighted by Crippen LogP contribution is -2.42. The quantitative estimate of drug-likeness (QED) is 0.515. The molecule has 0 radical (unpaired) electrons. The molecule has 6 nitrogen and oxygen atoms in total. The van der Waals surface area contributed by atoms with Crippen LogP contribution < -0.4 is 5.32 Å². The van der Waals surface area contributed by atoms with E-state index in [1.54, 1.807) is 0 Å². The average Bonchev–Trinajstić information content (AvgIpc) is 3.45. The van der Waals surface area contributed by atoms with E-state index in [2.05, 4.69) is 20.1 Å². The summed E-state index contributed by atoms with van der Waals surface area (Å²) in [6, 6.07) is 15.7. The predicted molar refractivity (Wildman–Crippen MR) is 133 cm³/mol. The molecule has 2 aliphatic rings. The van der Waals surface area contributed by atoms with Gasteiger partial charge in [0.1, 0.15) is 17.6 Å². The summed E-state index contributed by atoms with van der Waals surface area (Å²) < 4.78 is 11.9. The average molecular weight is 483 g/mol. The number of hydrogen-bond donors (Lipinski definition) is 1. The van der Waals surface area contributed by atoms with Crippen molar-refractivity contribution in [3.8, 4) is 11.3 Å². The first-order valence-corrected chi connectivity index (χ1v) is 12.0. The molecule has 2 saturated heterocycles. The third-order valence-corrected chi connectivity index (χ3v) is 7.17. The van der Waals surface area contributed by atoms with E-state index in [-0.39, 0.29) is 12.1 Å². The maximum absolute atomic E-state index is 6.45. The van der Waals surface area contributed by atoms with Gasteiger partial charge in [-0.1, -0.05) is 29.8 Å². The van der Waals surface area contributed by atoms with Crippen molar-refractivity contribution in [3.05, 3.63) is 76.8 Å². The van der Waals surface area contributed by atoms with Crippen LogP contribution in [-0.2, 0) is 4.74 Å². The van der Waals surface area contributed by atoms with Crippen LogP contribution in [0.2, 0.25) is 5.02 Å². The van der Waals surface area contributed by atoms with Crippen LogP contribution in [0.15, 0.2) is 59.1 Å². The lowest BCUT2D eigenvalue weighted by molar-refractivity contribution is 0.0347. The molecule has 0 aliphatic carbocycles. The van der Waals surface area contributed by atoms with Crippen molar-refractivity contribution in [2.75, 3.05) is 39.4 Å². The third-order valence-electron chi connectivity index (χ3n) is 6.41. The topological polar surface area (TPSA) is 53.8 Å². The van der Waals surface area contributed by atoms with Gasteiger partial charge in [-0.15, -0.1) is 0 Å². The summed E-state index contributed by atoms with van der Waals surface area (Å²) in [4.78, 5) is 9.26. The molecule has 3 aromatic rings. The van der Waals surface area contributed by atoms with E-state index in [4.69, 9.17) is 33.0 Å². The van der Waals surface area contributed by atoms with Crippen molar-refractivity contribution in [2.24, 2.45) is 0 Å². The summed E-state index contributed by atoms with van der Waals surface area (Å²) >= 11 is 12.1. The number of nitrogens with zero attached hydrogens (tertiary/aromatic N) is 3. The van der Waals surface area contributed by atoms with Crippen molar-refractivity contribution in [2.45, 2.75) is 19.0 Å². The van der Waals surface area contributed by atoms with E-state index in [0.717, 1.165) is 77.9 Å². The summed E-state index contributed by atoms with van der Waals surface area (Å²) in [5.74, 6) is 1.66. The lowest BCUT2D eigenvalue weighted by atomic mass is 10.0. The van der Waals surface area contributed by atoms with Crippen molar-refractivity contribution in [1.29, 1.82) is 0 Å². The Morgan fingerprint density at radius 2 is 1.94 bits per heavy atom. The van der Waals surface area contributed by atoms with Gasteiger partial charge in [-0.25, -0.2) is 0 Å².